The summed E-state index contributed by atoms with van der Waals surface area (Å²) in [7, 11) is -2.15. The normalized spacial score (nSPS) is 18.4. The van der Waals surface area contributed by atoms with E-state index < -0.39 is 26.6 Å². The fourth-order valence-electron chi connectivity index (χ4n) is 4.49. The van der Waals surface area contributed by atoms with Crippen LogP contribution in [0.25, 0.3) is 10.8 Å². The number of imide groups is 1. The van der Waals surface area contributed by atoms with Gasteiger partial charge in [-0.1, -0.05) is 45.0 Å². The Morgan fingerprint density at radius 2 is 1.86 bits per heavy atom. The predicted molar refractivity (Wildman–Crippen MR) is 147 cm³/mol. The van der Waals surface area contributed by atoms with Gasteiger partial charge in [0.1, 0.15) is 6.04 Å². The fraction of sp³-hybridized carbons (Fsp3) is 0.448. The van der Waals surface area contributed by atoms with E-state index in [1.807, 2.05) is 56.4 Å². The smallest absolute Gasteiger partial charge is 0.417 e. The molecule has 2 amide bonds. The second kappa shape index (κ2) is 10.3. The summed E-state index contributed by atoms with van der Waals surface area (Å²) in [6.07, 6.45) is 2.91. The number of hydrogen-bond donors (Lipinski definition) is 0. The number of cyclic esters (lactones) is 1. The highest BCUT2D eigenvalue weighted by Gasteiger charge is 2.48. The molecule has 0 radical (unpaired) electrons. The number of benzene rings is 1. The van der Waals surface area contributed by atoms with Gasteiger partial charge in [-0.3, -0.25) is 14.8 Å². The maximum absolute atomic E-state index is 13.5. The number of aryl methyl sites for hydroxylation is 3. The van der Waals surface area contributed by atoms with Crippen molar-refractivity contribution in [1.29, 1.82) is 0 Å². The molecule has 37 heavy (non-hydrogen) atoms. The molecule has 196 valence electrons. The zero-order chi connectivity index (χ0) is 27.0. The molecule has 1 aliphatic rings. The summed E-state index contributed by atoms with van der Waals surface area (Å²) < 4.78 is 12.3. The largest absolute Gasteiger partial charge is 0.437 e. The maximum atomic E-state index is 13.5. The van der Waals surface area contributed by atoms with Gasteiger partial charge in [0.2, 0.25) is 5.91 Å². The standard InChI is InChI=1S/C29H37N3O4Si/c1-19-14-20(2)31-24(15-19)27-25(18-35-37(6,7)29(3,4)5)32(28(34)36-27)26(33)13-12-22-17-30-16-21-10-8-9-11-23(21)22/h8-11,14-17,25,27H,12-13,18H2,1-7H3/t25-,27+/m0/s1. The van der Waals surface area contributed by atoms with Crippen LogP contribution in [-0.2, 0) is 20.4 Å². The molecule has 8 heteroatoms. The van der Waals surface area contributed by atoms with E-state index in [0.29, 0.717) is 12.1 Å². The number of aromatic nitrogens is 2. The van der Waals surface area contributed by atoms with Crippen LogP contribution in [0.2, 0.25) is 18.1 Å². The number of hydrogen-bond acceptors (Lipinski definition) is 6. The van der Waals surface area contributed by atoms with Crippen LogP contribution in [0.3, 0.4) is 0 Å². The Morgan fingerprint density at radius 3 is 2.57 bits per heavy atom. The van der Waals surface area contributed by atoms with Crippen LogP contribution in [-0.4, -0.2) is 47.8 Å². The molecule has 1 saturated heterocycles. The minimum absolute atomic E-state index is 0.0135. The molecule has 0 bridgehead atoms. The molecule has 3 aromatic rings. The summed E-state index contributed by atoms with van der Waals surface area (Å²) in [5.74, 6) is -0.284. The van der Waals surface area contributed by atoms with E-state index in [1.165, 1.54) is 4.90 Å². The topological polar surface area (TPSA) is 81.6 Å². The molecule has 0 N–H and O–H groups in total. The first kappa shape index (κ1) is 26.9. The van der Waals surface area contributed by atoms with E-state index in [1.54, 1.807) is 6.20 Å². The molecule has 2 aromatic heterocycles. The summed E-state index contributed by atoms with van der Waals surface area (Å²) in [6, 6.07) is 11.3. The third-order valence-electron chi connectivity index (χ3n) is 7.56. The quantitative estimate of drug-likeness (QED) is 0.341. The first-order valence-electron chi connectivity index (χ1n) is 12.8. The lowest BCUT2D eigenvalue weighted by Gasteiger charge is -2.37. The Labute approximate surface area is 220 Å². The van der Waals surface area contributed by atoms with Gasteiger partial charge in [-0.25, -0.2) is 9.69 Å². The van der Waals surface area contributed by atoms with Gasteiger partial charge in [0, 0.05) is 29.9 Å². The third-order valence-corrected chi connectivity index (χ3v) is 12.1. The number of fused-ring (bicyclic) bond motifs is 1. The van der Waals surface area contributed by atoms with Gasteiger partial charge in [0.25, 0.3) is 0 Å². The Morgan fingerprint density at radius 1 is 1.14 bits per heavy atom. The van der Waals surface area contributed by atoms with E-state index in [9.17, 15) is 9.59 Å². The van der Waals surface area contributed by atoms with Crippen molar-refractivity contribution in [1.82, 2.24) is 14.9 Å². The number of amides is 2. The van der Waals surface area contributed by atoms with Crippen molar-refractivity contribution < 1.29 is 18.8 Å². The second-order valence-electron chi connectivity index (χ2n) is 11.4. The summed E-state index contributed by atoms with van der Waals surface area (Å²) >= 11 is 0. The first-order chi connectivity index (χ1) is 17.4. The monoisotopic (exact) mass is 519 g/mol. The Kier molecular flexibility index (Phi) is 7.53. The van der Waals surface area contributed by atoms with E-state index in [-0.39, 0.29) is 24.0 Å². The number of nitrogens with zero attached hydrogens (tertiary/aromatic N) is 3. The highest BCUT2D eigenvalue weighted by atomic mass is 28.4. The summed E-state index contributed by atoms with van der Waals surface area (Å²) in [4.78, 5) is 36.9. The van der Waals surface area contributed by atoms with Crippen molar-refractivity contribution in [3.8, 4) is 0 Å². The first-order valence-corrected chi connectivity index (χ1v) is 15.7. The zero-order valence-electron chi connectivity index (χ0n) is 22.9. The molecule has 4 rings (SSSR count). The molecule has 1 aliphatic heterocycles. The van der Waals surface area contributed by atoms with Gasteiger partial charge in [0.15, 0.2) is 14.4 Å². The van der Waals surface area contributed by atoms with Crippen LogP contribution in [0.1, 0.15) is 55.8 Å². The summed E-state index contributed by atoms with van der Waals surface area (Å²) in [5.41, 5.74) is 3.48. The number of pyridine rings is 2. The summed E-state index contributed by atoms with van der Waals surface area (Å²) in [6.45, 7) is 14.9. The van der Waals surface area contributed by atoms with Crippen LogP contribution in [0.4, 0.5) is 4.79 Å². The van der Waals surface area contributed by atoms with Crippen LogP contribution < -0.4 is 0 Å². The average molecular weight is 520 g/mol. The maximum Gasteiger partial charge on any atom is 0.417 e. The molecular weight excluding hydrogens is 482 g/mol. The van der Waals surface area contributed by atoms with Crippen LogP contribution in [0.15, 0.2) is 48.8 Å². The lowest BCUT2D eigenvalue weighted by atomic mass is 10.0. The van der Waals surface area contributed by atoms with Crippen LogP contribution in [0.5, 0.6) is 0 Å². The van der Waals surface area contributed by atoms with Gasteiger partial charge in [-0.15, -0.1) is 0 Å². The zero-order valence-corrected chi connectivity index (χ0v) is 23.9. The number of rotatable bonds is 7. The molecule has 0 aliphatic carbocycles. The molecular formula is C29H37N3O4Si. The SMILES string of the molecule is Cc1cc(C)nc([C@H]2OC(=O)N(C(=O)CCc3cncc4ccccc34)[C@H]2CO[Si](C)(C)C(C)(C)C)c1. The number of ether oxygens (including phenoxy) is 1. The number of carbonyl (C=O) groups is 2. The van der Waals surface area contributed by atoms with Gasteiger partial charge >= 0.3 is 6.09 Å². The molecule has 1 fully saturated rings. The van der Waals surface area contributed by atoms with Gasteiger partial charge in [-0.2, -0.15) is 0 Å². The van der Waals surface area contributed by atoms with Crippen molar-refractivity contribution >= 4 is 31.1 Å². The highest BCUT2D eigenvalue weighted by molar-refractivity contribution is 6.74. The predicted octanol–water partition coefficient (Wildman–Crippen LogP) is 6.29. The van der Waals surface area contributed by atoms with Gasteiger partial charge in [-0.05, 0) is 67.0 Å². The van der Waals surface area contributed by atoms with Crippen molar-refractivity contribution in [2.75, 3.05) is 6.61 Å². The van der Waals surface area contributed by atoms with Crippen LogP contribution in [0, 0.1) is 13.8 Å². The second-order valence-corrected chi connectivity index (χ2v) is 16.2. The van der Waals surface area contributed by atoms with Gasteiger partial charge in [0.05, 0.1) is 12.3 Å². The molecule has 7 nitrogen and oxygen atoms in total. The fourth-order valence-corrected chi connectivity index (χ4v) is 5.51. The Hall–Kier alpha value is -3.10. The Bertz CT molecular complexity index is 1290. The molecule has 0 saturated carbocycles. The minimum atomic E-state index is -2.15. The lowest BCUT2D eigenvalue weighted by molar-refractivity contribution is -0.129. The van der Waals surface area contributed by atoms with Crippen molar-refractivity contribution in [3.63, 3.8) is 0 Å². The molecule has 0 spiro atoms. The minimum Gasteiger partial charge on any atom is -0.437 e. The summed E-state index contributed by atoms with van der Waals surface area (Å²) in [5, 5.41) is 2.07. The van der Waals surface area contributed by atoms with E-state index in [2.05, 4.69) is 43.8 Å². The molecule has 0 unspecified atom stereocenters. The van der Waals surface area contributed by atoms with Gasteiger partial charge < -0.3 is 9.16 Å². The average Bonchev–Trinajstić information content (AvgIpc) is 3.16. The van der Waals surface area contributed by atoms with E-state index in [0.717, 1.165) is 27.6 Å². The lowest BCUT2D eigenvalue weighted by Crippen LogP contribution is -2.47. The van der Waals surface area contributed by atoms with Crippen molar-refractivity contribution in [3.05, 3.63) is 71.3 Å². The third kappa shape index (κ3) is 5.75. The Balaban J connectivity index is 1.60. The van der Waals surface area contributed by atoms with Crippen molar-refractivity contribution in [2.24, 2.45) is 0 Å². The highest BCUT2D eigenvalue weighted by Crippen LogP contribution is 2.39. The van der Waals surface area contributed by atoms with Crippen molar-refractivity contribution in [2.45, 2.75) is 77.7 Å². The van der Waals surface area contributed by atoms with E-state index in [4.69, 9.17) is 9.16 Å². The molecule has 3 heterocycles. The van der Waals surface area contributed by atoms with Crippen LogP contribution >= 0.6 is 0 Å². The number of carbonyl (C=O) groups excluding carboxylic acids is 2. The molecule has 1 aromatic carbocycles. The van der Waals surface area contributed by atoms with E-state index >= 15 is 0 Å². The molecule has 2 atom stereocenters.